The van der Waals surface area contributed by atoms with Crippen LogP contribution in [0.4, 0.5) is 5.69 Å². The van der Waals surface area contributed by atoms with E-state index < -0.39 is 18.5 Å². The minimum Gasteiger partial charge on any atom is -0.490 e. The summed E-state index contributed by atoms with van der Waals surface area (Å²) in [5.41, 5.74) is 2.46. The molecule has 0 radical (unpaired) electrons. The monoisotopic (exact) mass is 401 g/mol. The van der Waals surface area contributed by atoms with E-state index in [1.54, 1.807) is 18.2 Å². The van der Waals surface area contributed by atoms with Gasteiger partial charge in [0.2, 0.25) is 0 Å². The van der Waals surface area contributed by atoms with Crippen LogP contribution in [0.25, 0.3) is 0 Å². The number of ether oxygens (including phenoxy) is 4. The van der Waals surface area contributed by atoms with E-state index in [9.17, 15) is 9.59 Å². The van der Waals surface area contributed by atoms with Crippen LogP contribution in [0.3, 0.4) is 0 Å². The number of amides is 1. The number of nitrogens with one attached hydrogen (secondary N) is 1. The number of carbonyl (C=O) groups is 2. The van der Waals surface area contributed by atoms with E-state index in [-0.39, 0.29) is 6.61 Å². The second kappa shape index (κ2) is 10.9. The molecule has 0 saturated heterocycles. The zero-order valence-electron chi connectivity index (χ0n) is 17.2. The van der Waals surface area contributed by atoms with Gasteiger partial charge in [-0.05, 0) is 57.0 Å². The molecule has 7 heteroatoms. The number of anilines is 1. The third kappa shape index (κ3) is 7.03. The standard InChI is InChI=1S/C22H27NO6/c1-5-26-18-10-9-17(12-20(18)27-6-2)23-21(24)13-29-22(25)14-28-19-11-15(3)7-8-16(19)4/h7-12H,5-6,13-14H2,1-4H3,(H,23,24). The van der Waals surface area contributed by atoms with Crippen LogP contribution in [-0.2, 0) is 14.3 Å². The van der Waals surface area contributed by atoms with Gasteiger partial charge in [0.05, 0.1) is 13.2 Å². The predicted octanol–water partition coefficient (Wildman–Crippen LogP) is 3.66. The molecule has 2 rings (SSSR count). The van der Waals surface area contributed by atoms with E-state index in [2.05, 4.69) is 5.32 Å². The highest BCUT2D eigenvalue weighted by Crippen LogP contribution is 2.30. The van der Waals surface area contributed by atoms with Crippen LogP contribution in [0, 0.1) is 13.8 Å². The van der Waals surface area contributed by atoms with Crippen LogP contribution in [0.2, 0.25) is 0 Å². The van der Waals surface area contributed by atoms with Crippen LogP contribution < -0.4 is 19.5 Å². The summed E-state index contributed by atoms with van der Waals surface area (Å²) < 4.78 is 21.5. The van der Waals surface area contributed by atoms with Crippen LogP contribution in [0.5, 0.6) is 17.2 Å². The maximum atomic E-state index is 12.1. The Balaban J connectivity index is 1.83. The van der Waals surface area contributed by atoms with Crippen LogP contribution >= 0.6 is 0 Å². The first-order chi connectivity index (χ1) is 13.9. The number of hydrogen-bond acceptors (Lipinski definition) is 6. The van der Waals surface area contributed by atoms with Gasteiger partial charge in [0.1, 0.15) is 5.75 Å². The molecule has 0 heterocycles. The normalized spacial score (nSPS) is 10.2. The number of rotatable bonds is 10. The van der Waals surface area contributed by atoms with Crippen LogP contribution in [0.1, 0.15) is 25.0 Å². The molecule has 0 unspecified atom stereocenters. The average Bonchev–Trinajstić information content (AvgIpc) is 2.69. The molecule has 0 spiro atoms. The lowest BCUT2D eigenvalue weighted by Gasteiger charge is -2.13. The average molecular weight is 401 g/mol. The van der Waals surface area contributed by atoms with Crippen molar-refractivity contribution >= 4 is 17.6 Å². The molecule has 0 atom stereocenters. The van der Waals surface area contributed by atoms with Gasteiger partial charge in [-0.25, -0.2) is 4.79 Å². The Hall–Kier alpha value is -3.22. The summed E-state index contributed by atoms with van der Waals surface area (Å²) >= 11 is 0. The van der Waals surface area contributed by atoms with Crippen molar-refractivity contribution in [1.82, 2.24) is 0 Å². The third-order valence-electron chi connectivity index (χ3n) is 3.88. The highest BCUT2D eigenvalue weighted by atomic mass is 16.6. The first-order valence-corrected chi connectivity index (χ1v) is 9.48. The Labute approximate surface area is 170 Å². The van der Waals surface area contributed by atoms with Gasteiger partial charge in [-0.1, -0.05) is 12.1 Å². The van der Waals surface area contributed by atoms with Crippen molar-refractivity contribution in [3.05, 3.63) is 47.5 Å². The molecule has 1 N–H and O–H groups in total. The van der Waals surface area contributed by atoms with E-state index in [4.69, 9.17) is 18.9 Å². The molecule has 29 heavy (non-hydrogen) atoms. The van der Waals surface area contributed by atoms with Gasteiger partial charge < -0.3 is 24.3 Å². The zero-order valence-corrected chi connectivity index (χ0v) is 17.2. The third-order valence-corrected chi connectivity index (χ3v) is 3.88. The Morgan fingerprint density at radius 3 is 2.28 bits per heavy atom. The highest BCUT2D eigenvalue weighted by Gasteiger charge is 2.12. The Morgan fingerprint density at radius 2 is 1.55 bits per heavy atom. The van der Waals surface area contributed by atoms with Gasteiger partial charge >= 0.3 is 5.97 Å². The van der Waals surface area contributed by atoms with Crippen molar-refractivity contribution in [2.45, 2.75) is 27.7 Å². The molecule has 0 aliphatic heterocycles. The van der Waals surface area contributed by atoms with E-state index in [1.807, 2.05) is 45.9 Å². The molecular formula is C22H27NO6. The van der Waals surface area contributed by atoms with Crippen molar-refractivity contribution in [3.8, 4) is 17.2 Å². The van der Waals surface area contributed by atoms with Gasteiger partial charge in [-0.15, -0.1) is 0 Å². The molecule has 156 valence electrons. The number of hydrogen-bond donors (Lipinski definition) is 1. The molecule has 7 nitrogen and oxygen atoms in total. The molecule has 0 aliphatic carbocycles. The highest BCUT2D eigenvalue weighted by molar-refractivity contribution is 5.93. The van der Waals surface area contributed by atoms with Crippen LogP contribution in [0.15, 0.2) is 36.4 Å². The fourth-order valence-corrected chi connectivity index (χ4v) is 2.51. The Bertz CT molecular complexity index is 849. The van der Waals surface area contributed by atoms with Gasteiger partial charge in [0.25, 0.3) is 5.91 Å². The molecule has 0 aromatic heterocycles. The van der Waals surface area contributed by atoms with Crippen molar-refractivity contribution in [2.24, 2.45) is 0 Å². The molecule has 0 aliphatic rings. The molecular weight excluding hydrogens is 374 g/mol. The molecule has 2 aromatic carbocycles. The van der Waals surface area contributed by atoms with Gasteiger partial charge in [-0.3, -0.25) is 4.79 Å². The summed E-state index contributed by atoms with van der Waals surface area (Å²) in [5.74, 6) is 0.664. The van der Waals surface area contributed by atoms with Crippen LogP contribution in [-0.4, -0.2) is 38.3 Å². The van der Waals surface area contributed by atoms with Crippen molar-refractivity contribution in [1.29, 1.82) is 0 Å². The second-order valence-corrected chi connectivity index (χ2v) is 6.29. The van der Waals surface area contributed by atoms with Gasteiger partial charge in [0.15, 0.2) is 24.7 Å². The summed E-state index contributed by atoms with van der Waals surface area (Å²) in [7, 11) is 0. The van der Waals surface area contributed by atoms with Gasteiger partial charge in [0, 0.05) is 11.8 Å². The number of esters is 1. The summed E-state index contributed by atoms with van der Waals surface area (Å²) in [6.07, 6.45) is 0. The molecule has 1 amide bonds. The zero-order chi connectivity index (χ0) is 21.2. The molecule has 0 fully saturated rings. The fraction of sp³-hybridized carbons (Fsp3) is 0.364. The van der Waals surface area contributed by atoms with Gasteiger partial charge in [-0.2, -0.15) is 0 Å². The summed E-state index contributed by atoms with van der Waals surface area (Å²) in [6, 6.07) is 10.8. The summed E-state index contributed by atoms with van der Waals surface area (Å²) in [6.45, 7) is 7.86. The quantitative estimate of drug-likeness (QED) is 0.612. The summed E-state index contributed by atoms with van der Waals surface area (Å²) in [4.78, 5) is 23.9. The second-order valence-electron chi connectivity index (χ2n) is 6.29. The van der Waals surface area contributed by atoms with E-state index in [0.29, 0.717) is 36.1 Å². The summed E-state index contributed by atoms with van der Waals surface area (Å²) in [5, 5.41) is 2.66. The fourth-order valence-electron chi connectivity index (χ4n) is 2.51. The predicted molar refractivity (Wildman–Crippen MR) is 110 cm³/mol. The number of aryl methyl sites for hydroxylation is 2. The van der Waals surface area contributed by atoms with Crippen molar-refractivity contribution < 1.29 is 28.5 Å². The maximum absolute atomic E-state index is 12.1. The lowest BCUT2D eigenvalue weighted by atomic mass is 10.1. The first kappa shape index (κ1) is 22.1. The Morgan fingerprint density at radius 1 is 0.828 bits per heavy atom. The van der Waals surface area contributed by atoms with E-state index in [1.165, 1.54) is 0 Å². The lowest BCUT2D eigenvalue weighted by Crippen LogP contribution is -2.23. The molecule has 0 bridgehead atoms. The SMILES string of the molecule is CCOc1ccc(NC(=O)COC(=O)COc2cc(C)ccc2C)cc1OCC. The minimum atomic E-state index is -0.622. The van der Waals surface area contributed by atoms with E-state index in [0.717, 1.165) is 11.1 Å². The lowest BCUT2D eigenvalue weighted by molar-refractivity contribution is -0.149. The maximum Gasteiger partial charge on any atom is 0.344 e. The largest absolute Gasteiger partial charge is 0.490 e. The van der Waals surface area contributed by atoms with Crippen molar-refractivity contribution in [2.75, 3.05) is 31.7 Å². The number of carbonyl (C=O) groups excluding carboxylic acids is 2. The van der Waals surface area contributed by atoms with Crippen molar-refractivity contribution in [3.63, 3.8) is 0 Å². The molecule has 0 saturated carbocycles. The van der Waals surface area contributed by atoms with E-state index >= 15 is 0 Å². The number of benzene rings is 2. The smallest absolute Gasteiger partial charge is 0.344 e. The Kier molecular flexibility index (Phi) is 8.33. The minimum absolute atomic E-state index is 0.269. The topological polar surface area (TPSA) is 83.1 Å². The first-order valence-electron chi connectivity index (χ1n) is 9.48. The molecule has 2 aromatic rings.